The molecule has 2 saturated heterocycles. The first kappa shape index (κ1) is 50.4. The number of imide groups is 1. The fourth-order valence-electron chi connectivity index (χ4n) is 10.7. The summed E-state index contributed by atoms with van der Waals surface area (Å²) < 4.78 is 32.8. The summed E-state index contributed by atoms with van der Waals surface area (Å²) in [5, 5.41) is 11.5. The highest BCUT2D eigenvalue weighted by atomic mass is 32.2. The number of aromatic nitrogens is 2. The van der Waals surface area contributed by atoms with Gasteiger partial charge in [-0.15, -0.1) is 0 Å². The van der Waals surface area contributed by atoms with Gasteiger partial charge in [-0.25, -0.2) is 13.2 Å². The number of ether oxygens (including phenoxy) is 1. The van der Waals surface area contributed by atoms with E-state index in [1.54, 1.807) is 51.0 Å². The van der Waals surface area contributed by atoms with E-state index in [0.29, 0.717) is 83.2 Å². The number of hydrogen-bond acceptors (Lipinski definition) is 12. The molecule has 4 aromatic rings. The number of aryl methyl sites for hydroxylation is 1. The minimum atomic E-state index is -3.62. The van der Waals surface area contributed by atoms with Gasteiger partial charge in [0.1, 0.15) is 22.9 Å². The molecule has 2 aromatic heterocycles. The lowest BCUT2D eigenvalue weighted by Gasteiger charge is -2.32. The number of anilines is 1. The van der Waals surface area contributed by atoms with E-state index in [2.05, 4.69) is 42.1 Å². The Morgan fingerprint density at radius 3 is 2.28 bits per heavy atom. The summed E-state index contributed by atoms with van der Waals surface area (Å²) in [6, 6.07) is 8.68. The predicted octanol–water partition coefficient (Wildman–Crippen LogP) is 3.90. The van der Waals surface area contributed by atoms with Gasteiger partial charge in [-0.1, -0.05) is 12.1 Å². The summed E-state index contributed by atoms with van der Waals surface area (Å²) in [7, 11) is -2.00. The third-order valence-electron chi connectivity index (χ3n) is 14.4. The molecule has 3 fully saturated rings. The Bertz CT molecular complexity index is 3030. The highest BCUT2D eigenvalue weighted by Gasteiger charge is 2.40. The Morgan fingerprint density at radius 2 is 1.57 bits per heavy atom. The Kier molecular flexibility index (Phi) is 14.1. The number of carbonyl (C=O) groups excluding carboxylic acids is 6. The zero-order valence-corrected chi connectivity index (χ0v) is 42.5. The Morgan fingerprint density at radius 1 is 0.833 bits per heavy atom. The average Bonchev–Trinajstić information content (AvgIpc) is 3.99. The minimum absolute atomic E-state index is 0.0911. The van der Waals surface area contributed by atoms with E-state index >= 15 is 0 Å². The van der Waals surface area contributed by atoms with Gasteiger partial charge in [-0.2, -0.15) is 0 Å². The quantitative estimate of drug-likeness (QED) is 0.0794. The molecule has 5 N–H and O–H groups in total. The molecular weight excluding hydrogens is 943 g/mol. The molecule has 4 aliphatic heterocycles. The number of nitrogens with one attached hydrogen (secondary N) is 5. The highest BCUT2D eigenvalue weighted by Crippen LogP contribution is 2.45. The standard InChI is InChI=1S/C52H65N9O10S/c1-52(2,3)71-51(68)55-18-17-54-48(65)44-39-27-60(25-31-10-11-31)41-24-35(33(29-72(5,69)70)23-36(41)38-26-58(4)50(67)45(57-44)43(38)39)46(63)53-16-7-19-59-20-14-30(15-21-59)22-32-8-6-9-34-37(32)28-61(49(34)66)40-12-13-42(62)56-47(40)64/h6,8-9,23-24,26,30-31,40,57H,7,10-22,25,27-29H2,1-5H3,(H,53,63)(H,54,65)(H,55,68)(H,56,62,64). The van der Waals surface area contributed by atoms with E-state index in [9.17, 15) is 42.0 Å². The van der Waals surface area contributed by atoms with Gasteiger partial charge in [0.05, 0.1) is 5.75 Å². The monoisotopic (exact) mass is 1010 g/mol. The van der Waals surface area contributed by atoms with Crippen LogP contribution in [-0.2, 0) is 56.5 Å². The molecule has 6 amide bonds. The van der Waals surface area contributed by atoms with Crippen LogP contribution in [0.2, 0.25) is 0 Å². The lowest BCUT2D eigenvalue weighted by atomic mass is 9.87. The van der Waals surface area contributed by atoms with E-state index < -0.39 is 39.4 Å². The fraction of sp³-hybridized carbons (Fsp3) is 0.519. The number of alkyl carbamates (subject to hydrolysis) is 1. The number of pyridine rings is 1. The van der Waals surface area contributed by atoms with Crippen molar-refractivity contribution in [3.05, 3.63) is 86.0 Å². The molecule has 20 heteroatoms. The van der Waals surface area contributed by atoms with Crippen molar-refractivity contribution < 1.29 is 41.9 Å². The summed E-state index contributed by atoms with van der Waals surface area (Å²) in [5.74, 6) is -1.35. The molecule has 19 nitrogen and oxygen atoms in total. The van der Waals surface area contributed by atoms with Gasteiger partial charge in [-0.3, -0.25) is 34.1 Å². The number of fused-ring (bicyclic) bond motifs is 3. The molecular formula is C52H65N9O10S. The topological polar surface area (TPSA) is 241 Å². The van der Waals surface area contributed by atoms with E-state index in [-0.39, 0.29) is 71.9 Å². The van der Waals surface area contributed by atoms with Crippen molar-refractivity contribution in [2.75, 3.05) is 57.0 Å². The maximum absolute atomic E-state index is 14.3. The largest absolute Gasteiger partial charge is 0.444 e. The zero-order valence-electron chi connectivity index (χ0n) is 41.7. The van der Waals surface area contributed by atoms with Gasteiger partial charge in [0.25, 0.3) is 23.3 Å². The van der Waals surface area contributed by atoms with Crippen molar-refractivity contribution in [2.24, 2.45) is 18.9 Å². The molecule has 6 heterocycles. The third-order valence-corrected chi connectivity index (χ3v) is 15.2. The van der Waals surface area contributed by atoms with Crippen LogP contribution in [0.1, 0.15) is 119 Å². The molecule has 384 valence electrons. The predicted molar refractivity (Wildman–Crippen MR) is 270 cm³/mol. The summed E-state index contributed by atoms with van der Waals surface area (Å²) in [5.41, 5.74) is 5.28. The van der Waals surface area contributed by atoms with Crippen molar-refractivity contribution in [3.63, 3.8) is 0 Å². The second-order valence-electron chi connectivity index (χ2n) is 21.2. The number of sulfone groups is 1. The van der Waals surface area contributed by atoms with Crippen LogP contribution in [0.4, 0.5) is 10.5 Å². The number of amides is 6. The lowest BCUT2D eigenvalue weighted by Crippen LogP contribution is -2.52. The van der Waals surface area contributed by atoms with Gasteiger partial charge in [-0.05, 0) is 132 Å². The molecule has 9 rings (SSSR count). The van der Waals surface area contributed by atoms with E-state index in [4.69, 9.17) is 4.74 Å². The number of H-pyrrole nitrogens is 1. The summed E-state index contributed by atoms with van der Waals surface area (Å²) in [6.45, 7) is 9.56. The molecule has 0 radical (unpaired) electrons. The number of likely N-dealkylation sites (tertiary alicyclic amines) is 1. The van der Waals surface area contributed by atoms with E-state index in [0.717, 1.165) is 69.1 Å². The van der Waals surface area contributed by atoms with Gasteiger partial charge >= 0.3 is 6.09 Å². The number of piperidine rings is 2. The van der Waals surface area contributed by atoms with Crippen LogP contribution >= 0.6 is 0 Å². The fourth-order valence-corrected chi connectivity index (χ4v) is 11.5. The molecule has 0 bridgehead atoms. The molecule has 0 spiro atoms. The van der Waals surface area contributed by atoms with Crippen molar-refractivity contribution >= 4 is 62.1 Å². The van der Waals surface area contributed by atoms with Crippen molar-refractivity contribution in [1.29, 1.82) is 0 Å². The number of aromatic amines is 1. The molecule has 1 saturated carbocycles. The maximum atomic E-state index is 14.3. The molecule has 2 aromatic carbocycles. The average molecular weight is 1010 g/mol. The van der Waals surface area contributed by atoms with Crippen LogP contribution in [0.25, 0.3) is 22.0 Å². The second-order valence-corrected chi connectivity index (χ2v) is 23.4. The zero-order chi connectivity index (χ0) is 51.2. The number of carbonyl (C=O) groups is 6. The van der Waals surface area contributed by atoms with Crippen LogP contribution in [0.5, 0.6) is 0 Å². The van der Waals surface area contributed by atoms with Crippen LogP contribution < -0.4 is 31.7 Å². The van der Waals surface area contributed by atoms with Crippen LogP contribution in [0.3, 0.4) is 0 Å². The molecule has 1 unspecified atom stereocenters. The van der Waals surface area contributed by atoms with Gasteiger partial charge < -0.3 is 44.9 Å². The Balaban J connectivity index is 0.867. The van der Waals surface area contributed by atoms with Gasteiger partial charge in [0.2, 0.25) is 11.8 Å². The van der Waals surface area contributed by atoms with Crippen molar-refractivity contribution in [2.45, 2.75) is 103 Å². The smallest absolute Gasteiger partial charge is 0.407 e. The molecule has 72 heavy (non-hydrogen) atoms. The normalized spacial score (nSPS) is 18.4. The number of nitrogens with zero attached hydrogens (tertiary/aromatic N) is 4. The van der Waals surface area contributed by atoms with Crippen molar-refractivity contribution in [3.8, 4) is 11.1 Å². The molecule has 5 aliphatic rings. The molecule has 1 atom stereocenters. The van der Waals surface area contributed by atoms with Gasteiger partial charge in [0, 0.05) is 104 Å². The first-order valence-corrected chi connectivity index (χ1v) is 27.1. The molecule has 1 aliphatic carbocycles. The van der Waals surface area contributed by atoms with E-state index in [1.165, 1.54) is 4.57 Å². The second kappa shape index (κ2) is 20.2. The Labute approximate surface area is 418 Å². The maximum Gasteiger partial charge on any atom is 0.407 e. The van der Waals surface area contributed by atoms with Crippen LogP contribution in [0.15, 0.2) is 41.3 Å². The summed E-state index contributed by atoms with van der Waals surface area (Å²) >= 11 is 0. The number of hydrogen-bond donors (Lipinski definition) is 5. The minimum Gasteiger partial charge on any atom is -0.444 e. The number of rotatable bonds is 16. The van der Waals surface area contributed by atoms with Crippen LogP contribution in [-0.4, -0.2) is 127 Å². The summed E-state index contributed by atoms with van der Waals surface area (Å²) in [4.78, 5) is 101. The van der Waals surface area contributed by atoms with E-state index in [1.807, 2.05) is 12.1 Å². The van der Waals surface area contributed by atoms with Crippen LogP contribution in [0, 0.1) is 11.8 Å². The first-order valence-electron chi connectivity index (χ1n) is 25.1. The Hall–Kier alpha value is -6.54. The first-order chi connectivity index (χ1) is 34.2. The lowest BCUT2D eigenvalue weighted by molar-refractivity contribution is -0.136. The number of benzene rings is 2. The SMILES string of the molecule is Cn1cc2c3c(c(C(=O)NCCNC(=O)OC(C)(C)C)[nH]c3c1=O)CN(CC1CC1)c1cc(C(=O)NCCCN3CCC(Cc4cccc5c4CN(C4CCC(=O)NC4=O)C5=O)CC3)c(CS(C)(=O)=O)cc1-2. The highest BCUT2D eigenvalue weighted by molar-refractivity contribution is 7.89. The summed E-state index contributed by atoms with van der Waals surface area (Å²) in [6.07, 6.45) is 8.22. The van der Waals surface area contributed by atoms with Gasteiger partial charge in [0.15, 0.2) is 9.84 Å². The third kappa shape index (κ3) is 11.1. The van der Waals surface area contributed by atoms with Crippen molar-refractivity contribution in [1.82, 2.24) is 40.6 Å².